The normalized spacial score (nSPS) is 18.8. The first-order valence-electron chi connectivity index (χ1n) is 15.3. The van der Waals surface area contributed by atoms with E-state index in [1.807, 2.05) is 57.2 Å². The van der Waals surface area contributed by atoms with E-state index in [4.69, 9.17) is 10.5 Å². The number of hydrogen-bond acceptors (Lipinski definition) is 6. The van der Waals surface area contributed by atoms with Gasteiger partial charge in [-0.05, 0) is 101 Å². The zero-order valence-electron chi connectivity index (χ0n) is 25.3. The molecule has 4 heterocycles. The summed E-state index contributed by atoms with van der Waals surface area (Å²) < 4.78 is 7.13. The lowest BCUT2D eigenvalue weighted by atomic mass is 9.88. The Labute approximate surface area is 255 Å². The number of anilines is 3. The number of hydrogen-bond donors (Lipinski definition) is 1. The standard InChI is InChI=1S/C33H36N6O5/c1-32(2,3)44-31(43)37-17-13-20-18-23(11-12-24(20)37)39-28-26(27(35-39)29(34)41)33(14-15-33)19-38(30(28)42)22-9-7-21(8-10-22)36-16-5-4-6-25(36)40/h7-12,18H,4-6,13-17,19H2,1-3H3,(H2,34,41). The van der Waals surface area contributed by atoms with Gasteiger partial charge in [0.15, 0.2) is 5.69 Å². The number of amides is 4. The quantitative estimate of drug-likeness (QED) is 0.473. The van der Waals surface area contributed by atoms with E-state index in [-0.39, 0.29) is 17.5 Å². The first-order valence-corrected chi connectivity index (χ1v) is 15.3. The van der Waals surface area contributed by atoms with E-state index in [2.05, 4.69) is 5.10 Å². The maximum absolute atomic E-state index is 14.3. The van der Waals surface area contributed by atoms with Crippen molar-refractivity contribution >= 4 is 40.9 Å². The van der Waals surface area contributed by atoms with Crippen LogP contribution in [-0.4, -0.2) is 58.8 Å². The third kappa shape index (κ3) is 4.61. The Morgan fingerprint density at radius 3 is 2.23 bits per heavy atom. The molecule has 1 saturated heterocycles. The number of aromatic nitrogens is 2. The zero-order chi connectivity index (χ0) is 31.0. The first-order chi connectivity index (χ1) is 21.0. The fraction of sp³-hybridized carbons (Fsp3) is 0.424. The van der Waals surface area contributed by atoms with Crippen molar-refractivity contribution in [3.05, 3.63) is 65.0 Å². The summed E-state index contributed by atoms with van der Waals surface area (Å²) in [7, 11) is 0. The lowest BCUT2D eigenvalue weighted by Crippen LogP contribution is -2.45. The van der Waals surface area contributed by atoms with Crippen molar-refractivity contribution in [2.24, 2.45) is 5.73 Å². The minimum Gasteiger partial charge on any atom is -0.443 e. The molecule has 4 aliphatic rings. The highest BCUT2D eigenvalue weighted by Crippen LogP contribution is 2.54. The summed E-state index contributed by atoms with van der Waals surface area (Å²) in [6.45, 7) is 7.09. The molecule has 44 heavy (non-hydrogen) atoms. The number of primary amides is 1. The number of carbonyl (C=O) groups is 4. The van der Waals surface area contributed by atoms with Crippen LogP contribution in [0, 0.1) is 0 Å². The van der Waals surface area contributed by atoms with E-state index in [1.165, 1.54) is 0 Å². The van der Waals surface area contributed by atoms with Crippen LogP contribution < -0.4 is 20.4 Å². The smallest absolute Gasteiger partial charge is 0.414 e. The third-order valence-corrected chi connectivity index (χ3v) is 9.02. The monoisotopic (exact) mass is 596 g/mol. The predicted molar refractivity (Wildman–Crippen MR) is 165 cm³/mol. The molecule has 7 rings (SSSR count). The number of nitrogens with two attached hydrogens (primary N) is 1. The van der Waals surface area contributed by atoms with Gasteiger partial charge >= 0.3 is 6.09 Å². The highest BCUT2D eigenvalue weighted by Gasteiger charge is 2.56. The second-order valence-corrected chi connectivity index (χ2v) is 13.2. The highest BCUT2D eigenvalue weighted by atomic mass is 16.6. The maximum atomic E-state index is 14.3. The minimum atomic E-state index is -0.666. The molecule has 11 nitrogen and oxygen atoms in total. The van der Waals surface area contributed by atoms with Crippen molar-refractivity contribution in [1.82, 2.24) is 9.78 Å². The van der Waals surface area contributed by atoms with Crippen LogP contribution in [0.1, 0.15) is 85.0 Å². The summed E-state index contributed by atoms with van der Waals surface area (Å²) in [6.07, 6.45) is 4.25. The molecule has 0 radical (unpaired) electrons. The van der Waals surface area contributed by atoms with Crippen molar-refractivity contribution in [3.8, 4) is 5.69 Å². The molecule has 2 aromatic carbocycles. The van der Waals surface area contributed by atoms with E-state index in [0.29, 0.717) is 49.4 Å². The summed E-state index contributed by atoms with van der Waals surface area (Å²) in [5, 5.41) is 4.63. The van der Waals surface area contributed by atoms with Crippen LogP contribution >= 0.6 is 0 Å². The van der Waals surface area contributed by atoms with Gasteiger partial charge in [-0.3, -0.25) is 19.3 Å². The molecular weight excluding hydrogens is 560 g/mol. The lowest BCUT2D eigenvalue weighted by molar-refractivity contribution is -0.119. The molecule has 4 amide bonds. The Morgan fingerprint density at radius 2 is 1.59 bits per heavy atom. The Hall–Kier alpha value is -4.67. The van der Waals surface area contributed by atoms with Gasteiger partial charge in [0.2, 0.25) is 5.91 Å². The van der Waals surface area contributed by atoms with Crippen molar-refractivity contribution in [2.75, 3.05) is 34.3 Å². The average Bonchev–Trinajstić information content (AvgIpc) is 3.42. The second-order valence-electron chi connectivity index (χ2n) is 13.2. The van der Waals surface area contributed by atoms with Gasteiger partial charge in [-0.2, -0.15) is 5.10 Å². The van der Waals surface area contributed by atoms with Crippen LogP contribution in [0.2, 0.25) is 0 Å². The molecule has 0 bridgehead atoms. The Balaban J connectivity index is 1.25. The largest absolute Gasteiger partial charge is 0.443 e. The molecular formula is C33H36N6O5. The number of rotatable bonds is 4. The fourth-order valence-corrected chi connectivity index (χ4v) is 6.74. The zero-order valence-corrected chi connectivity index (χ0v) is 25.3. The van der Waals surface area contributed by atoms with Crippen molar-refractivity contribution < 1.29 is 23.9 Å². The van der Waals surface area contributed by atoms with Crippen molar-refractivity contribution in [1.29, 1.82) is 0 Å². The molecule has 1 spiro atoms. The third-order valence-electron chi connectivity index (χ3n) is 9.02. The van der Waals surface area contributed by atoms with E-state index < -0.39 is 23.0 Å². The summed E-state index contributed by atoms with van der Waals surface area (Å²) in [4.78, 5) is 57.4. The molecule has 11 heteroatoms. The molecule has 2 fully saturated rings. The number of nitrogens with zero attached hydrogens (tertiary/aromatic N) is 5. The molecule has 228 valence electrons. The number of ether oxygens (including phenoxy) is 1. The topological polar surface area (TPSA) is 131 Å². The van der Waals surface area contributed by atoms with Gasteiger partial charge < -0.3 is 20.3 Å². The molecule has 3 aliphatic heterocycles. The van der Waals surface area contributed by atoms with Crippen LogP contribution in [0.5, 0.6) is 0 Å². The van der Waals surface area contributed by atoms with Gasteiger partial charge in [0.25, 0.3) is 11.8 Å². The van der Waals surface area contributed by atoms with Crippen LogP contribution in [0.15, 0.2) is 42.5 Å². The van der Waals surface area contributed by atoms with Gasteiger partial charge in [0.1, 0.15) is 11.3 Å². The van der Waals surface area contributed by atoms with Crippen LogP contribution in [-0.2, 0) is 21.4 Å². The lowest BCUT2D eigenvalue weighted by Gasteiger charge is -2.34. The van der Waals surface area contributed by atoms with Crippen molar-refractivity contribution in [2.45, 2.75) is 70.3 Å². The minimum absolute atomic E-state index is 0.117. The number of carbonyl (C=O) groups excluding carboxylic acids is 4. The van der Waals surface area contributed by atoms with Crippen LogP contribution in [0.25, 0.3) is 5.69 Å². The predicted octanol–water partition coefficient (Wildman–Crippen LogP) is 4.48. The highest BCUT2D eigenvalue weighted by molar-refractivity contribution is 6.11. The molecule has 1 aromatic heterocycles. The van der Waals surface area contributed by atoms with Crippen LogP contribution in [0.3, 0.4) is 0 Å². The van der Waals surface area contributed by atoms with E-state index in [1.54, 1.807) is 25.4 Å². The first kappa shape index (κ1) is 28.1. The maximum Gasteiger partial charge on any atom is 0.414 e. The van der Waals surface area contributed by atoms with Crippen molar-refractivity contribution in [3.63, 3.8) is 0 Å². The molecule has 0 unspecified atom stereocenters. The summed E-state index contributed by atoms with van der Waals surface area (Å²) in [6, 6.07) is 13.1. The Bertz CT molecular complexity index is 1720. The number of piperidine rings is 1. The van der Waals surface area contributed by atoms with Gasteiger partial charge in [-0.15, -0.1) is 0 Å². The molecule has 1 aliphatic carbocycles. The van der Waals surface area contributed by atoms with Crippen LogP contribution in [0.4, 0.5) is 21.9 Å². The Kier molecular flexibility index (Phi) is 6.35. The van der Waals surface area contributed by atoms with E-state index in [0.717, 1.165) is 48.3 Å². The molecule has 1 saturated carbocycles. The fourth-order valence-electron chi connectivity index (χ4n) is 6.74. The van der Waals surface area contributed by atoms with E-state index >= 15 is 0 Å². The van der Waals surface area contributed by atoms with Gasteiger partial charge in [0, 0.05) is 48.4 Å². The van der Waals surface area contributed by atoms with Gasteiger partial charge in [-0.25, -0.2) is 9.48 Å². The molecule has 2 N–H and O–H groups in total. The number of benzene rings is 2. The van der Waals surface area contributed by atoms with Gasteiger partial charge in [0.05, 0.1) is 11.4 Å². The Morgan fingerprint density at radius 1 is 0.909 bits per heavy atom. The van der Waals surface area contributed by atoms with E-state index in [9.17, 15) is 19.2 Å². The molecule has 0 atom stereocenters. The summed E-state index contributed by atoms with van der Waals surface area (Å²) >= 11 is 0. The van der Waals surface area contributed by atoms with Gasteiger partial charge in [-0.1, -0.05) is 0 Å². The second kappa shape index (κ2) is 9.93. The average molecular weight is 597 g/mol. The summed E-state index contributed by atoms with van der Waals surface area (Å²) in [5.74, 6) is -0.818. The number of fused-ring (bicyclic) bond motifs is 3. The SMILES string of the molecule is CC(C)(C)OC(=O)N1CCc2cc(-n3nc(C(N)=O)c4c3C(=O)N(c3ccc(N5CCCCC5=O)cc3)CC43CC3)ccc21. The molecule has 3 aromatic rings. The summed E-state index contributed by atoms with van der Waals surface area (Å²) in [5.41, 5.74) is 9.71.